The standard InChI is InChI=1S/C14H16BrN3O2/c1-3-4-9-12(16)17-13(18-14(9)19)8-5-6-11(20-2)10(15)7-8/h5-7H,3-4H2,1-2H3,(H3,16,17,18,19). The summed E-state index contributed by atoms with van der Waals surface area (Å²) >= 11 is 3.40. The molecule has 0 saturated heterocycles. The molecule has 106 valence electrons. The van der Waals surface area contributed by atoms with Gasteiger partial charge in [-0.1, -0.05) is 13.3 Å². The Labute approximate surface area is 125 Å². The summed E-state index contributed by atoms with van der Waals surface area (Å²) in [5.41, 5.74) is 7.01. The number of hydrogen-bond acceptors (Lipinski definition) is 4. The van der Waals surface area contributed by atoms with E-state index in [0.29, 0.717) is 23.6 Å². The lowest BCUT2D eigenvalue weighted by molar-refractivity contribution is 0.412. The van der Waals surface area contributed by atoms with Gasteiger partial charge in [0.05, 0.1) is 17.1 Å². The summed E-state index contributed by atoms with van der Waals surface area (Å²) in [6.45, 7) is 1.99. The van der Waals surface area contributed by atoms with E-state index in [2.05, 4.69) is 25.9 Å². The van der Waals surface area contributed by atoms with Crippen LogP contribution in [0, 0.1) is 0 Å². The van der Waals surface area contributed by atoms with Gasteiger partial charge in [0.15, 0.2) is 0 Å². The predicted octanol–water partition coefficient (Wildman–Crippen LogP) is 2.74. The molecule has 1 heterocycles. The number of benzene rings is 1. The number of ether oxygens (including phenoxy) is 1. The van der Waals surface area contributed by atoms with Crippen LogP contribution in [0.5, 0.6) is 5.75 Å². The van der Waals surface area contributed by atoms with Crippen LogP contribution in [0.1, 0.15) is 18.9 Å². The van der Waals surface area contributed by atoms with Gasteiger partial charge in [-0.15, -0.1) is 0 Å². The van der Waals surface area contributed by atoms with Crippen molar-refractivity contribution in [3.8, 4) is 17.1 Å². The molecular weight excluding hydrogens is 322 g/mol. The molecule has 20 heavy (non-hydrogen) atoms. The average Bonchev–Trinajstić information content (AvgIpc) is 2.42. The van der Waals surface area contributed by atoms with Crippen LogP contribution in [-0.4, -0.2) is 17.1 Å². The molecule has 0 spiro atoms. The van der Waals surface area contributed by atoms with E-state index in [-0.39, 0.29) is 11.4 Å². The zero-order valence-corrected chi connectivity index (χ0v) is 13.0. The summed E-state index contributed by atoms with van der Waals surface area (Å²) in [7, 11) is 1.59. The van der Waals surface area contributed by atoms with Crippen molar-refractivity contribution in [1.82, 2.24) is 9.97 Å². The Balaban J connectivity index is 2.48. The fourth-order valence-electron chi connectivity index (χ4n) is 1.96. The van der Waals surface area contributed by atoms with Gasteiger partial charge in [-0.2, -0.15) is 0 Å². The molecule has 0 aliphatic carbocycles. The van der Waals surface area contributed by atoms with Gasteiger partial charge in [-0.3, -0.25) is 4.79 Å². The van der Waals surface area contributed by atoms with E-state index in [1.54, 1.807) is 13.2 Å². The highest BCUT2D eigenvalue weighted by atomic mass is 79.9. The summed E-state index contributed by atoms with van der Waals surface area (Å²) in [6.07, 6.45) is 1.48. The Morgan fingerprint density at radius 3 is 2.75 bits per heavy atom. The fraction of sp³-hybridized carbons (Fsp3) is 0.286. The van der Waals surface area contributed by atoms with Gasteiger partial charge in [-0.05, 0) is 40.5 Å². The largest absolute Gasteiger partial charge is 0.496 e. The molecule has 0 radical (unpaired) electrons. The Bertz CT molecular complexity index is 683. The molecule has 0 fully saturated rings. The first-order valence-corrected chi connectivity index (χ1v) is 7.08. The normalized spacial score (nSPS) is 10.6. The highest BCUT2D eigenvalue weighted by Crippen LogP contribution is 2.29. The third-order valence-electron chi connectivity index (χ3n) is 2.97. The van der Waals surface area contributed by atoms with Crippen LogP contribution in [0.2, 0.25) is 0 Å². The molecule has 6 heteroatoms. The van der Waals surface area contributed by atoms with Crippen molar-refractivity contribution in [3.63, 3.8) is 0 Å². The van der Waals surface area contributed by atoms with Gasteiger partial charge in [0, 0.05) is 5.56 Å². The summed E-state index contributed by atoms with van der Waals surface area (Å²) < 4.78 is 5.96. The second-order valence-electron chi connectivity index (χ2n) is 4.38. The van der Waals surface area contributed by atoms with Crippen molar-refractivity contribution in [2.75, 3.05) is 12.8 Å². The first-order chi connectivity index (χ1) is 9.56. The number of H-pyrrole nitrogens is 1. The van der Waals surface area contributed by atoms with Gasteiger partial charge >= 0.3 is 0 Å². The predicted molar refractivity (Wildman–Crippen MR) is 83.0 cm³/mol. The summed E-state index contributed by atoms with van der Waals surface area (Å²) in [6, 6.07) is 5.45. The minimum atomic E-state index is -0.179. The molecule has 0 amide bonds. The second kappa shape index (κ2) is 6.09. The fourth-order valence-corrected chi connectivity index (χ4v) is 2.50. The monoisotopic (exact) mass is 337 g/mol. The third kappa shape index (κ3) is 2.85. The van der Waals surface area contributed by atoms with E-state index < -0.39 is 0 Å². The number of nitrogen functional groups attached to an aromatic ring is 1. The lowest BCUT2D eigenvalue weighted by Gasteiger charge is -2.08. The van der Waals surface area contributed by atoms with Crippen LogP contribution in [0.25, 0.3) is 11.4 Å². The quantitative estimate of drug-likeness (QED) is 0.898. The van der Waals surface area contributed by atoms with Crippen molar-refractivity contribution in [2.45, 2.75) is 19.8 Å². The van der Waals surface area contributed by atoms with Gasteiger partial charge in [0.1, 0.15) is 17.4 Å². The Kier molecular flexibility index (Phi) is 4.44. The highest BCUT2D eigenvalue weighted by Gasteiger charge is 2.11. The maximum atomic E-state index is 12.0. The van der Waals surface area contributed by atoms with Crippen LogP contribution in [0.3, 0.4) is 0 Å². The number of methoxy groups -OCH3 is 1. The van der Waals surface area contributed by atoms with Gasteiger partial charge < -0.3 is 15.5 Å². The Morgan fingerprint density at radius 2 is 2.20 bits per heavy atom. The van der Waals surface area contributed by atoms with E-state index in [9.17, 15) is 4.79 Å². The van der Waals surface area contributed by atoms with Crippen LogP contribution < -0.4 is 16.0 Å². The molecule has 2 rings (SSSR count). The van der Waals surface area contributed by atoms with Crippen molar-refractivity contribution in [1.29, 1.82) is 0 Å². The molecule has 0 atom stereocenters. The number of nitrogens with zero attached hydrogens (tertiary/aromatic N) is 1. The maximum Gasteiger partial charge on any atom is 0.256 e. The van der Waals surface area contributed by atoms with E-state index in [1.165, 1.54) is 0 Å². The first-order valence-electron chi connectivity index (χ1n) is 6.29. The molecule has 5 nitrogen and oxygen atoms in total. The van der Waals surface area contributed by atoms with Gasteiger partial charge in [0.25, 0.3) is 5.56 Å². The lowest BCUT2D eigenvalue weighted by atomic mass is 10.1. The summed E-state index contributed by atoms with van der Waals surface area (Å²) in [4.78, 5) is 19.1. The van der Waals surface area contributed by atoms with E-state index in [0.717, 1.165) is 16.5 Å². The number of hydrogen-bond donors (Lipinski definition) is 2. The SMILES string of the molecule is CCCc1c(N)nc(-c2ccc(OC)c(Br)c2)[nH]c1=O. The third-order valence-corrected chi connectivity index (χ3v) is 3.59. The highest BCUT2D eigenvalue weighted by molar-refractivity contribution is 9.10. The zero-order valence-electron chi connectivity index (χ0n) is 11.4. The molecule has 0 aliphatic heterocycles. The molecule has 1 aromatic carbocycles. The maximum absolute atomic E-state index is 12.0. The van der Waals surface area contributed by atoms with Crippen molar-refractivity contribution in [2.24, 2.45) is 0 Å². The number of anilines is 1. The number of nitrogens with two attached hydrogens (primary N) is 1. The van der Waals surface area contributed by atoms with E-state index in [1.807, 2.05) is 19.1 Å². The molecule has 0 aliphatic rings. The summed E-state index contributed by atoms with van der Waals surface area (Å²) in [5, 5.41) is 0. The molecule has 2 aromatic rings. The van der Waals surface area contributed by atoms with Crippen molar-refractivity contribution >= 4 is 21.7 Å². The Morgan fingerprint density at radius 1 is 1.45 bits per heavy atom. The molecule has 0 bridgehead atoms. The zero-order chi connectivity index (χ0) is 14.7. The number of nitrogens with one attached hydrogen (secondary N) is 1. The number of rotatable bonds is 4. The lowest BCUT2D eigenvalue weighted by Crippen LogP contribution is -2.18. The molecular formula is C14H16BrN3O2. The smallest absolute Gasteiger partial charge is 0.256 e. The number of aromatic amines is 1. The van der Waals surface area contributed by atoms with Gasteiger partial charge in [0.2, 0.25) is 0 Å². The molecule has 0 saturated carbocycles. The van der Waals surface area contributed by atoms with Crippen LogP contribution >= 0.6 is 15.9 Å². The topological polar surface area (TPSA) is 81.0 Å². The molecule has 1 aromatic heterocycles. The minimum Gasteiger partial charge on any atom is -0.496 e. The number of halogens is 1. The van der Waals surface area contributed by atoms with E-state index >= 15 is 0 Å². The van der Waals surface area contributed by atoms with E-state index in [4.69, 9.17) is 10.5 Å². The molecule has 0 unspecified atom stereocenters. The van der Waals surface area contributed by atoms with Crippen LogP contribution in [-0.2, 0) is 6.42 Å². The average molecular weight is 338 g/mol. The van der Waals surface area contributed by atoms with Crippen molar-refractivity contribution < 1.29 is 4.74 Å². The number of aromatic nitrogens is 2. The Hall–Kier alpha value is -1.82. The summed E-state index contributed by atoms with van der Waals surface area (Å²) in [5.74, 6) is 1.46. The van der Waals surface area contributed by atoms with Gasteiger partial charge in [-0.25, -0.2) is 4.98 Å². The molecule has 3 N–H and O–H groups in total. The van der Waals surface area contributed by atoms with Crippen LogP contribution in [0.15, 0.2) is 27.5 Å². The minimum absolute atomic E-state index is 0.179. The van der Waals surface area contributed by atoms with Crippen molar-refractivity contribution in [3.05, 3.63) is 38.6 Å². The second-order valence-corrected chi connectivity index (χ2v) is 5.23. The van der Waals surface area contributed by atoms with Crippen LogP contribution in [0.4, 0.5) is 5.82 Å². The first kappa shape index (κ1) is 14.6.